The fourth-order valence-electron chi connectivity index (χ4n) is 2.95. The fraction of sp³-hybridized carbons (Fsp3) is 0.550. The van der Waals surface area contributed by atoms with E-state index in [0.717, 1.165) is 17.3 Å². The summed E-state index contributed by atoms with van der Waals surface area (Å²) >= 11 is 8.81. The molecule has 0 unspecified atom stereocenters. The van der Waals surface area contributed by atoms with E-state index in [0.29, 0.717) is 55.6 Å². The van der Waals surface area contributed by atoms with Crippen LogP contribution in [0.3, 0.4) is 0 Å². The van der Waals surface area contributed by atoms with E-state index in [-0.39, 0.29) is 17.8 Å². The Morgan fingerprint density at radius 3 is 2.64 bits per heavy atom. The van der Waals surface area contributed by atoms with Crippen molar-refractivity contribution < 1.29 is 19.1 Å². The fourth-order valence-corrected chi connectivity index (χ4v) is 3.59. The minimum absolute atomic E-state index is 0.0988. The van der Waals surface area contributed by atoms with Gasteiger partial charge >= 0.3 is 5.97 Å². The smallest absolute Gasteiger partial charge is 0.309 e. The number of carbonyl (C=O) groups is 2. The van der Waals surface area contributed by atoms with Gasteiger partial charge in [0.1, 0.15) is 5.75 Å². The first kappa shape index (κ1) is 22.6. The summed E-state index contributed by atoms with van der Waals surface area (Å²) < 4.78 is 11.6. The molecule has 1 aliphatic rings. The Bertz CT molecular complexity index is 705. The highest BCUT2D eigenvalue weighted by atomic mass is 79.9. The number of rotatable bonds is 7. The lowest BCUT2D eigenvalue weighted by Crippen LogP contribution is -2.47. The van der Waals surface area contributed by atoms with Crippen LogP contribution in [0.1, 0.15) is 49.9 Å². The summed E-state index contributed by atoms with van der Waals surface area (Å²) in [5.74, 6) is -0.0123. The lowest BCUT2D eigenvalue weighted by Gasteiger charge is -2.32. The lowest BCUT2D eigenvalue weighted by molar-refractivity contribution is -0.149. The number of unbranched alkanes of at least 4 members (excludes halogenated alkanes) is 1. The highest BCUT2D eigenvalue weighted by molar-refractivity contribution is 9.10. The summed E-state index contributed by atoms with van der Waals surface area (Å²) in [5.41, 5.74) is 0.439. The molecule has 1 fully saturated rings. The van der Waals surface area contributed by atoms with Crippen molar-refractivity contribution in [3.63, 3.8) is 0 Å². The molecule has 28 heavy (non-hydrogen) atoms. The van der Waals surface area contributed by atoms with Crippen LogP contribution in [0.5, 0.6) is 5.75 Å². The number of amides is 1. The van der Waals surface area contributed by atoms with Crippen LogP contribution in [-0.4, -0.2) is 48.2 Å². The predicted octanol–water partition coefficient (Wildman–Crippen LogP) is 3.92. The number of esters is 1. The van der Waals surface area contributed by atoms with E-state index in [9.17, 15) is 9.59 Å². The number of hydrogen-bond donors (Lipinski definition) is 1. The number of nitrogens with one attached hydrogen (secondary N) is 1. The van der Waals surface area contributed by atoms with Crippen molar-refractivity contribution in [1.29, 1.82) is 0 Å². The zero-order chi connectivity index (χ0) is 20.5. The Kier molecular flexibility index (Phi) is 9.18. The molecule has 1 aromatic carbocycles. The molecule has 1 aromatic rings. The molecule has 154 valence electrons. The van der Waals surface area contributed by atoms with E-state index < -0.39 is 0 Å². The van der Waals surface area contributed by atoms with Gasteiger partial charge in [0.25, 0.3) is 5.91 Å². The van der Waals surface area contributed by atoms with Gasteiger partial charge in [-0.3, -0.25) is 14.9 Å². The van der Waals surface area contributed by atoms with E-state index in [2.05, 4.69) is 28.2 Å². The molecule has 1 saturated heterocycles. The first-order valence-corrected chi connectivity index (χ1v) is 10.9. The Morgan fingerprint density at radius 2 is 2.00 bits per heavy atom. The van der Waals surface area contributed by atoms with Gasteiger partial charge in [-0.1, -0.05) is 29.3 Å². The van der Waals surface area contributed by atoms with Gasteiger partial charge in [0.05, 0.1) is 24.7 Å². The van der Waals surface area contributed by atoms with Crippen LogP contribution in [0.4, 0.5) is 0 Å². The van der Waals surface area contributed by atoms with E-state index in [1.54, 1.807) is 19.1 Å². The quantitative estimate of drug-likeness (QED) is 0.370. The van der Waals surface area contributed by atoms with E-state index in [1.807, 2.05) is 11.0 Å². The standard InChI is InChI=1S/C20H27BrN2O4S/c1-3-5-12-27-17-7-6-15(21)13-16(17)18(24)22-20(28)23-10-8-14(9-11-23)19(25)26-4-2/h6-7,13-14H,3-5,8-12H2,1-2H3,(H,22,24,28). The van der Waals surface area contributed by atoms with Crippen LogP contribution in [0.25, 0.3) is 0 Å². The summed E-state index contributed by atoms with van der Waals surface area (Å²) in [4.78, 5) is 26.5. The van der Waals surface area contributed by atoms with Crippen LogP contribution in [0.15, 0.2) is 22.7 Å². The third kappa shape index (κ3) is 6.44. The molecule has 0 atom stereocenters. The molecule has 0 aliphatic carbocycles. The zero-order valence-electron chi connectivity index (χ0n) is 16.3. The molecule has 1 N–H and O–H groups in total. The Balaban J connectivity index is 1.95. The molecule has 0 radical (unpaired) electrons. The zero-order valence-corrected chi connectivity index (χ0v) is 18.7. The highest BCUT2D eigenvalue weighted by Crippen LogP contribution is 2.24. The molecule has 0 aromatic heterocycles. The van der Waals surface area contributed by atoms with Gasteiger partial charge in [0, 0.05) is 17.6 Å². The maximum atomic E-state index is 12.8. The number of thiocarbonyl (C=S) groups is 1. The summed E-state index contributed by atoms with van der Waals surface area (Å²) in [5, 5.41) is 3.16. The Hall–Kier alpha value is -1.67. The molecular formula is C20H27BrN2O4S. The number of benzene rings is 1. The third-order valence-electron chi connectivity index (χ3n) is 4.56. The van der Waals surface area contributed by atoms with Crippen LogP contribution in [-0.2, 0) is 9.53 Å². The highest BCUT2D eigenvalue weighted by Gasteiger charge is 2.27. The van der Waals surface area contributed by atoms with Crippen LogP contribution < -0.4 is 10.1 Å². The monoisotopic (exact) mass is 470 g/mol. The predicted molar refractivity (Wildman–Crippen MR) is 116 cm³/mol. The maximum absolute atomic E-state index is 12.8. The minimum Gasteiger partial charge on any atom is -0.493 e. The molecule has 1 heterocycles. The number of nitrogens with zero attached hydrogens (tertiary/aromatic N) is 1. The van der Waals surface area contributed by atoms with Crippen molar-refractivity contribution in [1.82, 2.24) is 10.2 Å². The molecule has 1 amide bonds. The van der Waals surface area contributed by atoms with Gasteiger partial charge in [-0.2, -0.15) is 0 Å². The number of halogens is 1. The second kappa shape index (κ2) is 11.4. The van der Waals surface area contributed by atoms with Crippen molar-refractivity contribution in [2.45, 2.75) is 39.5 Å². The summed E-state index contributed by atoms with van der Waals surface area (Å²) in [6.45, 7) is 6.07. The van der Waals surface area contributed by atoms with Gasteiger partial charge < -0.3 is 14.4 Å². The molecule has 2 rings (SSSR count). The van der Waals surface area contributed by atoms with Gasteiger partial charge in [0.15, 0.2) is 5.11 Å². The maximum Gasteiger partial charge on any atom is 0.309 e. The number of hydrogen-bond acceptors (Lipinski definition) is 5. The van der Waals surface area contributed by atoms with Crippen LogP contribution in [0, 0.1) is 5.92 Å². The number of likely N-dealkylation sites (tertiary alicyclic amines) is 1. The van der Waals surface area contributed by atoms with Crippen molar-refractivity contribution in [2.24, 2.45) is 5.92 Å². The van der Waals surface area contributed by atoms with Gasteiger partial charge in [0.2, 0.25) is 0 Å². The molecule has 8 heteroatoms. The molecule has 0 bridgehead atoms. The Labute approximate surface area is 180 Å². The molecular weight excluding hydrogens is 444 g/mol. The second-order valence-corrected chi connectivity index (χ2v) is 7.92. The Morgan fingerprint density at radius 1 is 1.29 bits per heavy atom. The van der Waals surface area contributed by atoms with E-state index in [1.165, 1.54) is 0 Å². The molecule has 0 saturated carbocycles. The normalized spacial score (nSPS) is 14.5. The van der Waals surface area contributed by atoms with Crippen molar-refractivity contribution >= 4 is 45.1 Å². The first-order chi connectivity index (χ1) is 13.5. The van der Waals surface area contributed by atoms with Gasteiger partial charge in [-0.25, -0.2) is 0 Å². The number of carbonyl (C=O) groups excluding carboxylic acids is 2. The lowest BCUT2D eigenvalue weighted by atomic mass is 9.97. The second-order valence-electron chi connectivity index (χ2n) is 6.62. The number of piperidine rings is 1. The molecule has 6 nitrogen and oxygen atoms in total. The average molecular weight is 471 g/mol. The molecule has 1 aliphatic heterocycles. The van der Waals surface area contributed by atoms with Gasteiger partial charge in [-0.15, -0.1) is 0 Å². The summed E-state index contributed by atoms with van der Waals surface area (Å²) in [7, 11) is 0. The largest absolute Gasteiger partial charge is 0.493 e. The first-order valence-electron chi connectivity index (χ1n) is 9.65. The van der Waals surface area contributed by atoms with Crippen molar-refractivity contribution in [3.05, 3.63) is 28.2 Å². The minimum atomic E-state index is -0.301. The van der Waals surface area contributed by atoms with Crippen LogP contribution >= 0.6 is 28.1 Å². The SMILES string of the molecule is CCCCOc1ccc(Br)cc1C(=O)NC(=S)N1CCC(C(=O)OCC)CC1. The van der Waals surface area contributed by atoms with Crippen molar-refractivity contribution in [2.75, 3.05) is 26.3 Å². The topological polar surface area (TPSA) is 67.9 Å². The summed E-state index contributed by atoms with van der Waals surface area (Å²) in [6, 6.07) is 5.35. The number of ether oxygens (including phenoxy) is 2. The average Bonchev–Trinajstić information content (AvgIpc) is 2.69. The van der Waals surface area contributed by atoms with Crippen molar-refractivity contribution in [3.8, 4) is 5.75 Å². The van der Waals surface area contributed by atoms with E-state index in [4.69, 9.17) is 21.7 Å². The van der Waals surface area contributed by atoms with Crippen LogP contribution in [0.2, 0.25) is 0 Å². The van der Waals surface area contributed by atoms with Gasteiger partial charge in [-0.05, 0) is 56.6 Å². The molecule has 0 spiro atoms. The van der Waals surface area contributed by atoms with E-state index >= 15 is 0 Å². The third-order valence-corrected chi connectivity index (χ3v) is 5.42. The summed E-state index contributed by atoms with van der Waals surface area (Å²) in [6.07, 6.45) is 3.27.